The van der Waals surface area contributed by atoms with Gasteiger partial charge < -0.3 is 11.3 Å². The van der Waals surface area contributed by atoms with Crippen molar-refractivity contribution in [3.8, 4) is 0 Å². The second-order valence-electron chi connectivity index (χ2n) is 4.06. The Balaban J connectivity index is 0. The van der Waals surface area contributed by atoms with Crippen molar-refractivity contribution >= 4 is 25.7 Å². The van der Waals surface area contributed by atoms with Crippen LogP contribution in [0.25, 0.3) is 0 Å². The van der Waals surface area contributed by atoms with Crippen LogP contribution < -0.4 is 0 Å². The van der Waals surface area contributed by atoms with E-state index in [1.165, 1.54) is 14.8 Å². The molecule has 0 aromatic carbocycles. The van der Waals surface area contributed by atoms with Crippen molar-refractivity contribution in [1.29, 1.82) is 0 Å². The zero-order valence-electron chi connectivity index (χ0n) is 10.7. The third kappa shape index (κ3) is 6.88. The minimum atomic E-state index is 0.0322. The van der Waals surface area contributed by atoms with Crippen LogP contribution in [0.4, 0.5) is 0 Å². The number of amides is 1. The molecule has 0 saturated heterocycles. The van der Waals surface area contributed by atoms with Crippen molar-refractivity contribution < 1.29 is 19.6 Å². The number of hydrogen-bond acceptors (Lipinski definition) is 1. The second kappa shape index (κ2) is 10.0. The average Bonchev–Trinajstić information content (AvgIpc) is 2.18. The molecule has 1 atom stereocenters. The molecular weight excluding hydrogens is 354 g/mol. The number of hydrogen-bond donors (Lipinski definition) is 0. The first kappa shape index (κ1) is 18.2. The summed E-state index contributed by atoms with van der Waals surface area (Å²) in [6.45, 7) is 12.1. The topological polar surface area (TPSA) is 20.3 Å². The molecule has 0 N–H and O–H groups in total. The first-order valence-corrected chi connectivity index (χ1v) is 14.3. The molecule has 15 heavy (non-hydrogen) atoms. The van der Waals surface area contributed by atoms with Gasteiger partial charge in [0.1, 0.15) is 0 Å². The number of rotatable bonds is 4. The predicted octanol–water partition coefficient (Wildman–Crippen LogP) is 3.38. The van der Waals surface area contributed by atoms with Crippen molar-refractivity contribution in [3.05, 3.63) is 6.42 Å². The van der Waals surface area contributed by atoms with Crippen LogP contribution in [0, 0.1) is 12.3 Å². The van der Waals surface area contributed by atoms with Gasteiger partial charge in [-0.1, -0.05) is 12.8 Å². The molecule has 0 radical (unpaired) electrons. The van der Waals surface area contributed by atoms with Gasteiger partial charge in [-0.05, 0) is 27.7 Å². The Morgan fingerprint density at radius 3 is 1.67 bits per heavy atom. The molecule has 0 aliphatic heterocycles. The van der Waals surface area contributed by atoms with E-state index in [2.05, 4.69) is 47.4 Å². The van der Waals surface area contributed by atoms with E-state index in [0.29, 0.717) is 0 Å². The number of nitrogens with zero attached hydrogens (tertiary/aromatic N) is 1. The summed E-state index contributed by atoms with van der Waals surface area (Å²) in [5.74, 6) is 0.261. The normalized spacial score (nSPS) is 12.2. The molecule has 2 nitrogen and oxygen atoms in total. The Hall–Kier alpha value is 0.823. The SMILES string of the molecule is C[CH-][C@@H](C)C(=O)N(C(C)C)C(C)C.[Zn+][I]. The fourth-order valence-electron chi connectivity index (χ4n) is 1.48. The zero-order chi connectivity index (χ0) is 12.6. The summed E-state index contributed by atoms with van der Waals surface area (Å²) in [7, 11) is 0. The average molecular weight is 377 g/mol. The van der Waals surface area contributed by atoms with Gasteiger partial charge in [-0.3, -0.25) is 4.79 Å². The Kier molecular flexibility index (Phi) is 12.1. The van der Waals surface area contributed by atoms with E-state index in [4.69, 9.17) is 0 Å². The van der Waals surface area contributed by atoms with Gasteiger partial charge in [0.05, 0.1) is 0 Å². The van der Waals surface area contributed by atoms with Gasteiger partial charge in [-0.25, -0.2) is 0 Å². The van der Waals surface area contributed by atoms with Crippen LogP contribution in [0.5, 0.6) is 0 Å². The van der Waals surface area contributed by atoms with E-state index in [1.54, 1.807) is 0 Å². The molecule has 4 heteroatoms. The molecule has 0 heterocycles. The quantitative estimate of drug-likeness (QED) is 0.418. The molecule has 0 aromatic rings. The van der Waals surface area contributed by atoms with Gasteiger partial charge in [0.25, 0.3) is 0 Å². The van der Waals surface area contributed by atoms with Crippen LogP contribution in [0.3, 0.4) is 0 Å². The third-order valence-electron chi connectivity index (χ3n) is 2.26. The van der Waals surface area contributed by atoms with Crippen LogP contribution in [0.1, 0.15) is 41.5 Å². The van der Waals surface area contributed by atoms with E-state index >= 15 is 0 Å². The van der Waals surface area contributed by atoms with E-state index < -0.39 is 0 Å². The molecule has 0 unspecified atom stereocenters. The number of carbonyl (C=O) groups is 1. The standard InChI is InChI=1S/C11H22NO.HI.Zn/c1-7-10(6)11(13)12(8(2)3)9(4)5;;/h7-10H,1-6H3;1H;/q-1;;+2/p-1/t10-;;/m1../s1. The van der Waals surface area contributed by atoms with Crippen LogP contribution in [-0.2, 0) is 19.6 Å². The first-order valence-electron chi connectivity index (χ1n) is 5.30. The van der Waals surface area contributed by atoms with E-state index in [9.17, 15) is 4.79 Å². The fraction of sp³-hybridized carbons (Fsp3) is 0.818. The molecule has 1 amide bonds. The van der Waals surface area contributed by atoms with Gasteiger partial charge in [0, 0.05) is 12.1 Å². The predicted molar refractivity (Wildman–Crippen MR) is 70.3 cm³/mol. The van der Waals surface area contributed by atoms with Crippen molar-refractivity contribution in [1.82, 2.24) is 4.90 Å². The Labute approximate surface area is 115 Å². The molecule has 0 aromatic heterocycles. The molecule has 0 aliphatic carbocycles. The molecule has 0 bridgehead atoms. The van der Waals surface area contributed by atoms with E-state index in [1.807, 2.05) is 25.2 Å². The van der Waals surface area contributed by atoms with Crippen molar-refractivity contribution in [3.63, 3.8) is 0 Å². The van der Waals surface area contributed by atoms with E-state index in [-0.39, 0.29) is 23.9 Å². The Bertz CT molecular complexity index is 166. The summed E-state index contributed by atoms with van der Waals surface area (Å²) < 4.78 is 0. The number of carbonyl (C=O) groups excluding carboxylic acids is 1. The fourth-order valence-corrected chi connectivity index (χ4v) is 1.48. The summed E-state index contributed by atoms with van der Waals surface area (Å²) >= 11 is 3.62. The van der Waals surface area contributed by atoms with Gasteiger partial charge in [0.2, 0.25) is 0 Å². The molecule has 0 aliphatic rings. The maximum atomic E-state index is 11.9. The first-order chi connectivity index (χ1) is 6.91. The number of halogens is 1. The van der Waals surface area contributed by atoms with Gasteiger partial charge in [-0.2, -0.15) is 6.92 Å². The summed E-state index contributed by atoms with van der Waals surface area (Å²) in [6, 6.07) is 0.574. The monoisotopic (exact) mass is 375 g/mol. The van der Waals surface area contributed by atoms with Gasteiger partial charge >= 0.3 is 34.5 Å². The van der Waals surface area contributed by atoms with Crippen molar-refractivity contribution in [2.24, 2.45) is 5.92 Å². The summed E-state index contributed by atoms with van der Waals surface area (Å²) in [4.78, 5) is 13.8. The Morgan fingerprint density at radius 1 is 1.13 bits per heavy atom. The molecular formula is C11H22INOZn. The van der Waals surface area contributed by atoms with Gasteiger partial charge in [0.15, 0.2) is 5.91 Å². The van der Waals surface area contributed by atoms with Crippen molar-refractivity contribution in [2.75, 3.05) is 0 Å². The molecule has 0 fully saturated rings. The third-order valence-corrected chi connectivity index (χ3v) is 2.26. The van der Waals surface area contributed by atoms with E-state index in [0.717, 1.165) is 0 Å². The minimum absolute atomic E-state index is 0.0322. The summed E-state index contributed by atoms with van der Waals surface area (Å²) in [5.41, 5.74) is 0. The molecule has 0 saturated carbocycles. The maximum absolute atomic E-state index is 11.9. The second-order valence-corrected chi connectivity index (χ2v) is 4.06. The van der Waals surface area contributed by atoms with Crippen LogP contribution in [-0.4, -0.2) is 22.9 Å². The Morgan fingerprint density at radius 2 is 1.47 bits per heavy atom. The van der Waals surface area contributed by atoms with Crippen LogP contribution in [0.15, 0.2) is 0 Å². The summed E-state index contributed by atoms with van der Waals surface area (Å²) in [5, 5.41) is 0. The molecule has 86 valence electrons. The van der Waals surface area contributed by atoms with Crippen molar-refractivity contribution in [2.45, 2.75) is 53.6 Å². The zero-order valence-corrected chi connectivity index (χ0v) is 15.9. The van der Waals surface area contributed by atoms with Gasteiger partial charge in [-0.15, -0.1) is 0 Å². The summed E-state index contributed by atoms with van der Waals surface area (Å²) in [6.07, 6.45) is 1.94. The van der Waals surface area contributed by atoms with Crippen LogP contribution in [0.2, 0.25) is 0 Å². The van der Waals surface area contributed by atoms with Crippen LogP contribution >= 0.6 is 19.8 Å². The molecule has 0 rings (SSSR count). The molecule has 0 spiro atoms.